The molecule has 0 saturated carbocycles. The Labute approximate surface area is 331 Å². The number of nitrogens with one attached hydrogen (secondary N) is 2. The number of rotatable bonds is 4. The number of aromatic amines is 2. The minimum Gasteiger partial charge on any atom is -0.744 e. The Hall–Kier alpha value is -5.50. The van der Waals surface area contributed by atoms with Crippen LogP contribution in [0.2, 0.25) is 0 Å². The molecule has 0 atom stereocenters. The first-order chi connectivity index (χ1) is 26.3. The molecule has 2 aliphatic heterocycles. The molecule has 8 bridgehead atoms. The van der Waals surface area contributed by atoms with Crippen LogP contribution in [0.4, 0.5) is 0 Å². The van der Waals surface area contributed by atoms with Crippen molar-refractivity contribution in [2.75, 3.05) is 0 Å². The molecule has 0 fully saturated rings. The first kappa shape index (κ1) is 38.4. The van der Waals surface area contributed by atoms with Crippen LogP contribution >= 0.6 is 0 Å². The largest absolute Gasteiger partial charge is 4.00 e. The van der Waals surface area contributed by atoms with Gasteiger partial charge in [0.2, 0.25) is 0 Å². The third kappa shape index (κ3) is 6.11. The monoisotopic (exact) mass is 932 g/mol. The second-order valence-electron chi connectivity index (χ2n) is 12.1. The number of aromatic nitrogens is 8. The van der Waals surface area contributed by atoms with Crippen molar-refractivity contribution in [1.82, 2.24) is 39.9 Å². The molecule has 0 saturated heterocycles. The molecule has 9 rings (SSSR count). The summed E-state index contributed by atoms with van der Waals surface area (Å²) in [5, 5.41) is -1.56. The van der Waals surface area contributed by atoms with Crippen LogP contribution < -0.4 is 0 Å². The summed E-state index contributed by atoms with van der Waals surface area (Å²) in [6.45, 7) is 0. The van der Waals surface area contributed by atoms with Gasteiger partial charge in [-0.15, -0.1) is 0 Å². The summed E-state index contributed by atoms with van der Waals surface area (Å²) in [5.74, 6) is -0.637. The van der Waals surface area contributed by atoms with Crippen molar-refractivity contribution in [2.24, 2.45) is 0 Å². The first-order valence-electron chi connectivity index (χ1n) is 15.5. The summed E-state index contributed by atoms with van der Waals surface area (Å²) in [7, 11) is -26.0. The third-order valence-corrected chi connectivity index (χ3v) is 12.8. The molecule has 4 aromatic carbocycles. The van der Waals surface area contributed by atoms with E-state index in [2.05, 4.69) is 29.9 Å². The van der Waals surface area contributed by atoms with Crippen molar-refractivity contribution < 1.29 is 71.4 Å². The fourth-order valence-corrected chi connectivity index (χ4v) is 11.6. The van der Waals surface area contributed by atoms with Crippen molar-refractivity contribution in [2.45, 2.75) is 19.6 Å². The summed E-state index contributed by atoms with van der Waals surface area (Å²) in [6, 6.07) is 19.6. The molecule has 0 aliphatic carbocycles. The SMILES string of the molecule is O=S(=O)([O-])c1c(S(=O)(=O)[O-])c(S(=O)(=O)[O-])c2c3nc4nc(nc5[nH]c(nc6nc(nc([nH]3)c2c1S(=O)(=O)[O-])-c1ccccc1-6)c1ccccc51)-c1ccccc1-4.[Ru+4]. The van der Waals surface area contributed by atoms with Crippen molar-refractivity contribution in [3.8, 4) is 45.6 Å². The van der Waals surface area contributed by atoms with E-state index in [4.69, 9.17) is 9.97 Å². The Balaban J connectivity index is 0.00000455. The second kappa shape index (κ2) is 12.8. The van der Waals surface area contributed by atoms with E-state index in [1.54, 1.807) is 60.7 Å². The summed E-state index contributed by atoms with van der Waals surface area (Å²) in [6.07, 6.45) is 0. The van der Waals surface area contributed by atoms with E-state index in [9.17, 15) is 51.9 Å². The summed E-state index contributed by atoms with van der Waals surface area (Å²) in [4.78, 5) is 23.0. The van der Waals surface area contributed by atoms with Gasteiger partial charge in [0.25, 0.3) is 0 Å². The normalized spacial score (nSPS) is 13.0. The smallest absolute Gasteiger partial charge is 0.744 e. The zero-order valence-electron chi connectivity index (χ0n) is 27.5. The first-order valence-corrected chi connectivity index (χ1v) is 21.1. The molecule has 20 nitrogen and oxygen atoms in total. The molecule has 0 amide bonds. The van der Waals surface area contributed by atoms with Gasteiger partial charge in [-0.2, -0.15) is 0 Å². The molecule has 7 aromatic rings. The summed E-state index contributed by atoms with van der Waals surface area (Å²) < 4.78 is 154. The van der Waals surface area contributed by atoms with E-state index >= 15 is 0 Å². The maximum Gasteiger partial charge on any atom is 4.00 e. The molecule has 2 N–H and O–H groups in total. The predicted octanol–water partition coefficient (Wildman–Crippen LogP) is 2.48. The van der Waals surface area contributed by atoms with E-state index < -0.39 is 82.1 Å². The number of hydrogen-bond acceptors (Lipinski definition) is 18. The molecular weight excluding hydrogens is 918 g/mol. The Kier molecular flexibility index (Phi) is 8.59. The average Bonchev–Trinajstić information content (AvgIpc) is 3.84. The zero-order valence-corrected chi connectivity index (χ0v) is 32.5. The van der Waals surface area contributed by atoms with Crippen LogP contribution in [-0.4, -0.2) is 91.8 Å². The number of fused-ring (bicyclic) bond motifs is 20. The van der Waals surface area contributed by atoms with E-state index in [1.165, 1.54) is 12.1 Å². The molecule has 2 aliphatic rings. The van der Waals surface area contributed by atoms with Crippen LogP contribution in [0.25, 0.3) is 89.7 Å². The van der Waals surface area contributed by atoms with Crippen LogP contribution in [-0.2, 0) is 60.0 Å². The number of hydrogen-bond donors (Lipinski definition) is 2. The third-order valence-electron chi connectivity index (χ3n) is 8.82. The quantitative estimate of drug-likeness (QED) is 0.189. The zero-order chi connectivity index (χ0) is 39.7. The van der Waals surface area contributed by atoms with Gasteiger partial charge in [-0.1, -0.05) is 72.8 Å². The van der Waals surface area contributed by atoms with Gasteiger partial charge >= 0.3 is 19.5 Å². The van der Waals surface area contributed by atoms with Gasteiger partial charge in [-0.25, -0.2) is 63.6 Å². The topological polar surface area (TPSA) is 338 Å². The Morgan fingerprint density at radius 3 is 0.930 bits per heavy atom. The summed E-state index contributed by atoms with van der Waals surface area (Å²) >= 11 is 0. The Morgan fingerprint density at radius 1 is 0.368 bits per heavy atom. The van der Waals surface area contributed by atoms with Gasteiger partial charge in [0.1, 0.15) is 63.1 Å². The maximum absolute atomic E-state index is 13.0. The fraction of sp³-hybridized carbons (Fsp3) is 0. The van der Waals surface area contributed by atoms with Gasteiger partial charge in [0, 0.05) is 43.8 Å². The Bertz CT molecular complexity index is 3380. The van der Waals surface area contributed by atoms with E-state index in [-0.39, 0.29) is 65.2 Å². The maximum atomic E-state index is 13.0. The number of benzene rings is 4. The van der Waals surface area contributed by atoms with Crippen molar-refractivity contribution >= 4 is 84.6 Å². The number of nitrogens with zero attached hydrogens (tertiary/aromatic N) is 6. The molecule has 286 valence electrons. The van der Waals surface area contributed by atoms with E-state index in [0.29, 0.717) is 21.9 Å². The second-order valence-corrected chi connectivity index (χ2v) is 17.4. The van der Waals surface area contributed by atoms with Gasteiger partial charge in [0.15, 0.2) is 23.3 Å². The van der Waals surface area contributed by atoms with Crippen LogP contribution in [0.15, 0.2) is 92.4 Å². The molecule has 5 heterocycles. The van der Waals surface area contributed by atoms with Crippen LogP contribution in [0, 0.1) is 0 Å². The molecule has 0 spiro atoms. The molecule has 0 unspecified atom stereocenters. The average molecular weight is 932 g/mol. The Morgan fingerprint density at radius 2 is 0.632 bits per heavy atom. The van der Waals surface area contributed by atoms with Crippen LogP contribution in [0.3, 0.4) is 0 Å². The van der Waals surface area contributed by atoms with Gasteiger partial charge < -0.3 is 28.2 Å². The van der Waals surface area contributed by atoms with E-state index in [1.807, 2.05) is 0 Å². The summed E-state index contributed by atoms with van der Waals surface area (Å²) in [5.41, 5.74) is -0.283. The van der Waals surface area contributed by atoms with Gasteiger partial charge in [0.05, 0.1) is 19.6 Å². The predicted molar refractivity (Wildman–Crippen MR) is 188 cm³/mol. The van der Waals surface area contributed by atoms with Crippen LogP contribution in [0.5, 0.6) is 0 Å². The van der Waals surface area contributed by atoms with Gasteiger partial charge in [-0.3, -0.25) is 0 Å². The standard InChI is InChI=1S/C32H18N8O12S4.Ru/c41-53(42,43)21-19-20(22(54(44,45)46)24(56(50,51)52)23(21)55(47,48)49)32-39-30-18-12-6-4-10-16(18)28(37-30)35-26-14-8-2-1-7-13(14)25(33-26)34-27-15-9-3-5-11-17(15)29(36-27)38-31(19)40-32;/h1-12H,(H,41,42,43)(H,44,45,46)(H,47,48,49)(H,50,51,52)(H2,33,34,35,36,37,38,39,40);/q;+4/p-4. The van der Waals surface area contributed by atoms with Crippen molar-refractivity contribution in [3.05, 3.63) is 72.8 Å². The van der Waals surface area contributed by atoms with Gasteiger partial charge in [-0.05, 0) is 0 Å². The van der Waals surface area contributed by atoms with E-state index in [0.717, 1.165) is 0 Å². The van der Waals surface area contributed by atoms with Crippen LogP contribution in [0.1, 0.15) is 0 Å². The molecule has 25 heteroatoms. The molecule has 0 radical (unpaired) electrons. The van der Waals surface area contributed by atoms with Crippen molar-refractivity contribution in [1.29, 1.82) is 0 Å². The minimum atomic E-state index is -6.60. The molecule has 3 aromatic heterocycles. The number of H-pyrrole nitrogens is 2. The molecule has 57 heavy (non-hydrogen) atoms. The fourth-order valence-electron chi connectivity index (χ4n) is 6.72. The molecular formula is C32H14N8O12RuS4. The minimum absolute atomic E-state index is 0. The van der Waals surface area contributed by atoms with Crippen molar-refractivity contribution in [3.63, 3.8) is 0 Å².